The van der Waals surface area contributed by atoms with Gasteiger partial charge in [-0.05, 0) is 42.5 Å². The van der Waals surface area contributed by atoms with Gasteiger partial charge in [0.2, 0.25) is 10.0 Å². The molecule has 0 bridgehead atoms. The SMILES string of the molecule is CCCCCc1ccc(S(=O)(=O)N2CCN(CCc3ccccc3)CC2)cc1. The van der Waals surface area contributed by atoms with E-state index in [2.05, 4.69) is 36.1 Å². The lowest BCUT2D eigenvalue weighted by Gasteiger charge is -2.34. The summed E-state index contributed by atoms with van der Waals surface area (Å²) in [6.07, 6.45) is 5.60. The first-order chi connectivity index (χ1) is 13.6. The lowest BCUT2D eigenvalue weighted by molar-refractivity contribution is 0.190. The van der Waals surface area contributed by atoms with Gasteiger partial charge in [-0.25, -0.2) is 8.42 Å². The van der Waals surface area contributed by atoms with E-state index in [9.17, 15) is 8.42 Å². The van der Waals surface area contributed by atoms with Crippen LogP contribution < -0.4 is 0 Å². The molecule has 0 unspecified atom stereocenters. The average Bonchev–Trinajstić information content (AvgIpc) is 2.74. The van der Waals surface area contributed by atoms with Crippen molar-refractivity contribution in [3.8, 4) is 0 Å². The smallest absolute Gasteiger partial charge is 0.243 e. The van der Waals surface area contributed by atoms with E-state index < -0.39 is 10.0 Å². The van der Waals surface area contributed by atoms with Crippen molar-refractivity contribution in [1.82, 2.24) is 9.21 Å². The number of piperazine rings is 1. The highest BCUT2D eigenvalue weighted by Gasteiger charge is 2.28. The van der Waals surface area contributed by atoms with Gasteiger partial charge in [0.1, 0.15) is 0 Å². The molecule has 0 atom stereocenters. The third-order valence-corrected chi connectivity index (χ3v) is 7.43. The summed E-state index contributed by atoms with van der Waals surface area (Å²) in [4.78, 5) is 2.78. The van der Waals surface area contributed by atoms with E-state index in [1.54, 1.807) is 16.4 Å². The molecule has 0 radical (unpaired) electrons. The van der Waals surface area contributed by atoms with Crippen molar-refractivity contribution < 1.29 is 8.42 Å². The molecule has 5 heteroatoms. The first-order valence-corrected chi connectivity index (χ1v) is 11.9. The molecule has 2 aromatic rings. The third kappa shape index (κ3) is 5.66. The maximum Gasteiger partial charge on any atom is 0.243 e. The van der Waals surface area contributed by atoms with E-state index in [0.717, 1.165) is 38.9 Å². The molecule has 0 aromatic heterocycles. The number of benzene rings is 2. The molecular formula is C23H32N2O2S. The van der Waals surface area contributed by atoms with Crippen molar-refractivity contribution in [3.63, 3.8) is 0 Å². The maximum absolute atomic E-state index is 13.0. The van der Waals surface area contributed by atoms with E-state index >= 15 is 0 Å². The average molecular weight is 401 g/mol. The molecule has 1 fully saturated rings. The summed E-state index contributed by atoms with van der Waals surface area (Å²) in [7, 11) is -3.39. The summed E-state index contributed by atoms with van der Waals surface area (Å²) in [6.45, 7) is 5.88. The predicted octanol–water partition coefficient (Wildman–Crippen LogP) is 3.97. The molecule has 152 valence electrons. The number of unbranched alkanes of at least 4 members (excludes halogenated alkanes) is 2. The van der Waals surface area contributed by atoms with Gasteiger partial charge < -0.3 is 4.90 Å². The van der Waals surface area contributed by atoms with Gasteiger partial charge in [0.25, 0.3) is 0 Å². The summed E-state index contributed by atoms with van der Waals surface area (Å²) >= 11 is 0. The Morgan fingerprint density at radius 1 is 0.786 bits per heavy atom. The zero-order valence-electron chi connectivity index (χ0n) is 16.9. The second-order valence-electron chi connectivity index (χ2n) is 7.58. The van der Waals surface area contributed by atoms with Gasteiger partial charge in [0.15, 0.2) is 0 Å². The number of hydrogen-bond acceptors (Lipinski definition) is 3. The fraction of sp³-hybridized carbons (Fsp3) is 0.478. The van der Waals surface area contributed by atoms with Gasteiger partial charge >= 0.3 is 0 Å². The Hall–Kier alpha value is -1.69. The molecule has 3 rings (SSSR count). The Labute approximate surface area is 170 Å². The molecule has 0 saturated carbocycles. The summed E-state index contributed by atoms with van der Waals surface area (Å²) in [6, 6.07) is 17.9. The second-order valence-corrected chi connectivity index (χ2v) is 9.52. The molecule has 0 spiro atoms. The molecule has 0 aliphatic carbocycles. The highest BCUT2D eigenvalue weighted by Crippen LogP contribution is 2.19. The van der Waals surface area contributed by atoms with Gasteiger partial charge in [0.05, 0.1) is 4.90 Å². The fourth-order valence-electron chi connectivity index (χ4n) is 3.68. The van der Waals surface area contributed by atoms with Crippen LogP contribution in [0.1, 0.15) is 37.3 Å². The van der Waals surface area contributed by atoms with Crippen molar-refractivity contribution in [2.24, 2.45) is 0 Å². The standard InChI is InChI=1S/C23H32N2O2S/c1-2-3-5-8-22-11-13-23(14-12-22)28(26,27)25-19-17-24(18-20-25)16-15-21-9-6-4-7-10-21/h4,6-7,9-14H,2-3,5,8,15-20H2,1H3. The van der Waals surface area contributed by atoms with Crippen LogP contribution in [0.4, 0.5) is 0 Å². The van der Waals surface area contributed by atoms with E-state index in [0.29, 0.717) is 18.0 Å². The third-order valence-electron chi connectivity index (χ3n) is 5.52. The first-order valence-electron chi connectivity index (χ1n) is 10.4. The van der Waals surface area contributed by atoms with Gasteiger partial charge in [-0.1, -0.05) is 62.2 Å². The van der Waals surface area contributed by atoms with E-state index in [1.807, 2.05) is 18.2 Å². The number of sulfonamides is 1. The van der Waals surface area contributed by atoms with E-state index in [1.165, 1.54) is 24.0 Å². The topological polar surface area (TPSA) is 40.6 Å². The predicted molar refractivity (Wildman–Crippen MR) is 115 cm³/mol. The highest BCUT2D eigenvalue weighted by atomic mass is 32.2. The Kier molecular flexibility index (Phi) is 7.65. The minimum atomic E-state index is -3.39. The van der Waals surface area contributed by atoms with Crippen LogP contribution >= 0.6 is 0 Å². The van der Waals surface area contributed by atoms with Crippen LogP contribution in [0, 0.1) is 0 Å². The van der Waals surface area contributed by atoms with E-state index in [-0.39, 0.29) is 0 Å². The van der Waals surface area contributed by atoms with Crippen molar-refractivity contribution in [3.05, 3.63) is 65.7 Å². The molecular weight excluding hydrogens is 368 g/mol. The van der Waals surface area contributed by atoms with Gasteiger partial charge in [-0.2, -0.15) is 4.31 Å². The largest absolute Gasteiger partial charge is 0.300 e. The van der Waals surface area contributed by atoms with Crippen LogP contribution in [-0.4, -0.2) is 50.3 Å². The minimum Gasteiger partial charge on any atom is -0.300 e. The van der Waals surface area contributed by atoms with Gasteiger partial charge in [0, 0.05) is 32.7 Å². The Balaban J connectivity index is 1.51. The van der Waals surface area contributed by atoms with Crippen molar-refractivity contribution in [1.29, 1.82) is 0 Å². The lowest BCUT2D eigenvalue weighted by atomic mass is 10.1. The van der Waals surface area contributed by atoms with E-state index in [4.69, 9.17) is 0 Å². The van der Waals surface area contributed by atoms with Crippen LogP contribution in [-0.2, 0) is 22.9 Å². The molecule has 2 aromatic carbocycles. The molecule has 1 aliphatic heterocycles. The Morgan fingerprint density at radius 2 is 1.43 bits per heavy atom. The normalized spacial score (nSPS) is 16.3. The molecule has 1 aliphatic rings. The lowest BCUT2D eigenvalue weighted by Crippen LogP contribution is -2.48. The van der Waals surface area contributed by atoms with Crippen LogP contribution in [0.25, 0.3) is 0 Å². The minimum absolute atomic E-state index is 0.421. The number of rotatable bonds is 9. The molecule has 28 heavy (non-hydrogen) atoms. The van der Waals surface area contributed by atoms with Gasteiger partial charge in [-0.15, -0.1) is 0 Å². The summed E-state index contributed by atoms with van der Waals surface area (Å²) in [5.74, 6) is 0. The zero-order chi connectivity index (χ0) is 19.8. The Morgan fingerprint density at radius 3 is 2.07 bits per heavy atom. The van der Waals surface area contributed by atoms with Crippen molar-refractivity contribution in [2.45, 2.75) is 43.9 Å². The molecule has 1 heterocycles. The first kappa shape index (κ1) is 21.0. The number of aryl methyl sites for hydroxylation is 1. The quantitative estimate of drug-likeness (QED) is 0.598. The fourth-order valence-corrected chi connectivity index (χ4v) is 5.10. The van der Waals surface area contributed by atoms with Crippen LogP contribution in [0.15, 0.2) is 59.5 Å². The maximum atomic E-state index is 13.0. The summed E-state index contributed by atoms with van der Waals surface area (Å²) in [5.41, 5.74) is 2.55. The number of hydrogen-bond donors (Lipinski definition) is 0. The monoisotopic (exact) mass is 400 g/mol. The molecule has 1 saturated heterocycles. The Bertz CT molecular complexity index is 811. The summed E-state index contributed by atoms with van der Waals surface area (Å²) < 4.78 is 27.5. The molecule has 0 N–H and O–H groups in total. The second kappa shape index (κ2) is 10.2. The van der Waals surface area contributed by atoms with Crippen LogP contribution in [0.3, 0.4) is 0 Å². The van der Waals surface area contributed by atoms with Crippen molar-refractivity contribution >= 4 is 10.0 Å². The van der Waals surface area contributed by atoms with Crippen LogP contribution in [0.2, 0.25) is 0 Å². The highest BCUT2D eigenvalue weighted by molar-refractivity contribution is 7.89. The van der Waals surface area contributed by atoms with Gasteiger partial charge in [-0.3, -0.25) is 0 Å². The molecule has 0 amide bonds. The summed E-state index contributed by atoms with van der Waals surface area (Å²) in [5, 5.41) is 0. The molecule has 4 nitrogen and oxygen atoms in total. The zero-order valence-corrected chi connectivity index (χ0v) is 17.7. The van der Waals surface area contributed by atoms with Crippen molar-refractivity contribution in [2.75, 3.05) is 32.7 Å². The van der Waals surface area contributed by atoms with Crippen LogP contribution in [0.5, 0.6) is 0 Å². The number of nitrogens with zero attached hydrogens (tertiary/aromatic N) is 2.